The van der Waals surface area contributed by atoms with Crippen molar-refractivity contribution in [2.45, 2.75) is 18.4 Å². The Balaban J connectivity index is 1.78. The van der Waals surface area contributed by atoms with E-state index < -0.39 is 0 Å². The summed E-state index contributed by atoms with van der Waals surface area (Å²) in [6, 6.07) is 9.90. The Morgan fingerprint density at radius 2 is 1.90 bits per heavy atom. The van der Waals surface area contributed by atoms with Crippen molar-refractivity contribution in [3.8, 4) is 0 Å². The first-order valence-corrected chi connectivity index (χ1v) is 8.25. The smallest absolute Gasteiger partial charge is 0.224 e. The van der Waals surface area contributed by atoms with Gasteiger partial charge in [0, 0.05) is 5.02 Å². The van der Waals surface area contributed by atoms with E-state index in [1.807, 2.05) is 29.6 Å². The van der Waals surface area contributed by atoms with Crippen LogP contribution >= 0.6 is 34.5 Å². The molecule has 1 saturated carbocycles. The van der Waals surface area contributed by atoms with E-state index >= 15 is 0 Å². The van der Waals surface area contributed by atoms with Crippen LogP contribution in [0.25, 0.3) is 10.2 Å². The highest BCUT2D eigenvalue weighted by Crippen LogP contribution is 2.51. The molecule has 1 aromatic carbocycles. The van der Waals surface area contributed by atoms with Crippen LogP contribution in [0.1, 0.15) is 18.4 Å². The highest BCUT2D eigenvalue weighted by atomic mass is 35.5. The molecule has 3 nitrogen and oxygen atoms in total. The third-order valence-corrected chi connectivity index (χ3v) is 5.18. The van der Waals surface area contributed by atoms with Gasteiger partial charge in [0.2, 0.25) is 5.28 Å². The normalized spacial score (nSPS) is 16.1. The average molecular weight is 336 g/mol. The maximum atomic E-state index is 6.35. The monoisotopic (exact) mass is 335 g/mol. The first kappa shape index (κ1) is 13.3. The Hall–Kier alpha value is -1.36. The number of hydrogen-bond acceptors (Lipinski definition) is 4. The van der Waals surface area contributed by atoms with Crippen molar-refractivity contribution >= 4 is 50.6 Å². The van der Waals surface area contributed by atoms with Gasteiger partial charge in [-0.15, -0.1) is 11.3 Å². The number of fused-ring (bicyclic) bond motifs is 1. The molecule has 3 aromatic rings. The predicted octanol–water partition coefficient (Wildman–Crippen LogP) is 5.10. The number of nitrogens with one attached hydrogen (secondary N) is 1. The van der Waals surface area contributed by atoms with E-state index in [0.29, 0.717) is 0 Å². The maximum Gasteiger partial charge on any atom is 0.224 e. The van der Waals surface area contributed by atoms with Gasteiger partial charge in [-0.2, -0.15) is 4.98 Å². The minimum atomic E-state index is -0.132. The van der Waals surface area contributed by atoms with Crippen LogP contribution < -0.4 is 5.32 Å². The molecule has 0 amide bonds. The fraction of sp³-hybridized carbons (Fsp3) is 0.200. The first-order chi connectivity index (χ1) is 10.2. The van der Waals surface area contributed by atoms with Crippen LogP contribution in [0.2, 0.25) is 10.3 Å². The lowest BCUT2D eigenvalue weighted by atomic mass is 10.0. The topological polar surface area (TPSA) is 37.8 Å². The Bertz CT molecular complexity index is 827. The van der Waals surface area contributed by atoms with Crippen LogP contribution in [0.3, 0.4) is 0 Å². The summed E-state index contributed by atoms with van der Waals surface area (Å²) < 4.78 is 1.03. The van der Waals surface area contributed by atoms with Gasteiger partial charge in [-0.3, -0.25) is 0 Å². The molecule has 1 N–H and O–H groups in total. The molecule has 21 heavy (non-hydrogen) atoms. The molecule has 4 rings (SSSR count). The Morgan fingerprint density at radius 1 is 1.10 bits per heavy atom. The van der Waals surface area contributed by atoms with Crippen LogP contribution in [0, 0.1) is 0 Å². The van der Waals surface area contributed by atoms with Crippen LogP contribution in [0.15, 0.2) is 35.7 Å². The van der Waals surface area contributed by atoms with Gasteiger partial charge in [0.1, 0.15) is 5.82 Å². The van der Waals surface area contributed by atoms with Crippen molar-refractivity contribution in [2.24, 2.45) is 0 Å². The highest BCUT2D eigenvalue weighted by Gasteiger charge is 2.46. The molecule has 2 aromatic heterocycles. The summed E-state index contributed by atoms with van der Waals surface area (Å²) in [7, 11) is 0. The molecule has 0 spiro atoms. The average Bonchev–Trinajstić information content (AvgIpc) is 3.07. The van der Waals surface area contributed by atoms with Crippen LogP contribution in [0.5, 0.6) is 0 Å². The molecule has 6 heteroatoms. The molecule has 0 radical (unpaired) electrons. The van der Waals surface area contributed by atoms with Crippen molar-refractivity contribution in [1.29, 1.82) is 0 Å². The quantitative estimate of drug-likeness (QED) is 0.676. The van der Waals surface area contributed by atoms with Gasteiger partial charge in [-0.25, -0.2) is 4.98 Å². The largest absolute Gasteiger partial charge is 0.359 e. The number of aromatic nitrogens is 2. The number of hydrogen-bond donors (Lipinski definition) is 1. The number of anilines is 1. The third-order valence-electron chi connectivity index (χ3n) is 3.77. The van der Waals surface area contributed by atoms with Gasteiger partial charge in [0.25, 0.3) is 0 Å². The molecule has 1 aliphatic carbocycles. The molecular weight excluding hydrogens is 325 g/mol. The van der Waals surface area contributed by atoms with E-state index in [2.05, 4.69) is 21.4 Å². The molecule has 0 unspecified atom stereocenters. The van der Waals surface area contributed by atoms with Crippen molar-refractivity contribution < 1.29 is 0 Å². The maximum absolute atomic E-state index is 6.35. The van der Waals surface area contributed by atoms with E-state index in [4.69, 9.17) is 23.2 Å². The zero-order chi connectivity index (χ0) is 14.4. The Labute approximate surface area is 135 Å². The zero-order valence-electron chi connectivity index (χ0n) is 10.9. The van der Waals surface area contributed by atoms with Gasteiger partial charge >= 0.3 is 0 Å². The second kappa shape index (κ2) is 4.83. The molecule has 1 fully saturated rings. The summed E-state index contributed by atoms with van der Waals surface area (Å²) in [5.41, 5.74) is 1.86. The lowest BCUT2D eigenvalue weighted by Crippen LogP contribution is -2.20. The van der Waals surface area contributed by atoms with Gasteiger partial charge in [-0.05, 0) is 47.5 Å². The molecule has 0 aliphatic heterocycles. The van der Waals surface area contributed by atoms with E-state index in [1.165, 1.54) is 0 Å². The molecule has 0 atom stereocenters. The summed E-state index contributed by atoms with van der Waals surface area (Å²) in [5.74, 6) is 0.789. The summed E-state index contributed by atoms with van der Waals surface area (Å²) >= 11 is 14.0. The summed E-state index contributed by atoms with van der Waals surface area (Å²) in [4.78, 5) is 8.60. The summed E-state index contributed by atoms with van der Waals surface area (Å²) in [6.45, 7) is 0. The fourth-order valence-electron chi connectivity index (χ4n) is 2.58. The van der Waals surface area contributed by atoms with Crippen molar-refractivity contribution in [2.75, 3.05) is 5.32 Å². The molecule has 2 heterocycles. The molecule has 0 saturated heterocycles. The van der Waals surface area contributed by atoms with Crippen molar-refractivity contribution in [1.82, 2.24) is 9.97 Å². The van der Waals surface area contributed by atoms with Crippen LogP contribution in [-0.4, -0.2) is 9.97 Å². The van der Waals surface area contributed by atoms with Crippen molar-refractivity contribution in [3.63, 3.8) is 0 Å². The van der Waals surface area contributed by atoms with Crippen molar-refractivity contribution in [3.05, 3.63) is 51.6 Å². The number of halogens is 2. The molecule has 0 bridgehead atoms. The fourth-order valence-corrected chi connectivity index (χ4v) is 3.85. The summed E-state index contributed by atoms with van der Waals surface area (Å²) in [6.07, 6.45) is 2.07. The molecule has 1 aliphatic rings. The second-order valence-corrected chi connectivity index (χ2v) is 6.82. The molecular formula is C15H11Cl2N3S. The van der Waals surface area contributed by atoms with E-state index in [-0.39, 0.29) is 10.8 Å². The zero-order valence-corrected chi connectivity index (χ0v) is 13.3. The number of rotatable bonds is 3. The number of benzene rings is 1. The van der Waals surface area contributed by atoms with Gasteiger partial charge < -0.3 is 5.32 Å². The Kier molecular flexibility index (Phi) is 3.06. The third kappa shape index (κ3) is 2.27. The minimum absolute atomic E-state index is 0.132. The standard InChI is InChI=1S/C15H11Cl2N3S/c16-10-4-2-1-3-9(10)15(6-7-15)20-13-12-11(5-8-21-12)18-14(17)19-13/h1-5,8H,6-7H2,(H,18,19,20). The lowest BCUT2D eigenvalue weighted by molar-refractivity contribution is 0.802. The highest BCUT2D eigenvalue weighted by molar-refractivity contribution is 7.17. The predicted molar refractivity (Wildman–Crippen MR) is 88.4 cm³/mol. The SMILES string of the molecule is Clc1nc(NC2(c3ccccc3Cl)CC2)c2sccc2n1. The van der Waals surface area contributed by atoms with Crippen LogP contribution in [0.4, 0.5) is 5.82 Å². The van der Waals surface area contributed by atoms with Gasteiger partial charge in [0.05, 0.1) is 15.8 Å². The second-order valence-electron chi connectivity index (χ2n) is 5.16. The van der Waals surface area contributed by atoms with E-state index in [9.17, 15) is 0 Å². The lowest BCUT2D eigenvalue weighted by Gasteiger charge is -2.20. The summed E-state index contributed by atoms with van der Waals surface area (Å²) in [5, 5.41) is 6.59. The minimum Gasteiger partial charge on any atom is -0.359 e. The van der Waals surface area contributed by atoms with Crippen LogP contribution in [-0.2, 0) is 5.54 Å². The number of thiophene rings is 1. The molecule has 106 valence electrons. The number of nitrogens with zero attached hydrogens (tertiary/aromatic N) is 2. The van der Waals surface area contributed by atoms with E-state index in [1.54, 1.807) is 11.3 Å². The van der Waals surface area contributed by atoms with E-state index in [0.717, 1.165) is 39.5 Å². The van der Waals surface area contributed by atoms with Gasteiger partial charge in [0.15, 0.2) is 0 Å². The Morgan fingerprint density at radius 3 is 2.67 bits per heavy atom. The van der Waals surface area contributed by atoms with Gasteiger partial charge in [-0.1, -0.05) is 29.8 Å². The first-order valence-electron chi connectivity index (χ1n) is 6.62.